The predicted octanol–water partition coefficient (Wildman–Crippen LogP) is 0.654. The largest absolute Gasteiger partial charge is 0.384 e. The van der Waals surface area contributed by atoms with Crippen LogP contribution in [0.15, 0.2) is 6.07 Å². The van der Waals surface area contributed by atoms with Crippen molar-refractivity contribution in [3.8, 4) is 0 Å². The van der Waals surface area contributed by atoms with Gasteiger partial charge in [-0.1, -0.05) is 0 Å². The number of anilines is 2. The monoisotopic (exact) mass is 238 g/mol. The van der Waals surface area contributed by atoms with Gasteiger partial charge in [0.25, 0.3) is 0 Å². The number of nitrogen functional groups attached to an aromatic ring is 1. The van der Waals surface area contributed by atoms with Crippen LogP contribution < -0.4 is 11.1 Å². The van der Waals surface area contributed by atoms with E-state index in [9.17, 15) is 0 Å². The third-order valence-electron chi connectivity index (χ3n) is 2.66. The standard InChI is InChI=1S/C11H18N4O2/c1-16-7-11-14-9(12)4-10(15-11)13-5-8-2-3-17-6-8/h4,8H,2-3,5-7H2,1H3,(H3,12,13,14,15). The number of nitrogens with one attached hydrogen (secondary N) is 1. The van der Waals surface area contributed by atoms with Gasteiger partial charge in [0.05, 0.1) is 6.61 Å². The molecule has 0 aliphatic carbocycles. The van der Waals surface area contributed by atoms with E-state index in [1.165, 1.54) is 0 Å². The van der Waals surface area contributed by atoms with Gasteiger partial charge in [0, 0.05) is 32.2 Å². The van der Waals surface area contributed by atoms with E-state index in [2.05, 4.69) is 15.3 Å². The van der Waals surface area contributed by atoms with Crippen molar-refractivity contribution in [1.82, 2.24) is 9.97 Å². The molecule has 6 heteroatoms. The van der Waals surface area contributed by atoms with Crippen LogP contribution in [0, 0.1) is 5.92 Å². The van der Waals surface area contributed by atoms with Crippen molar-refractivity contribution in [1.29, 1.82) is 0 Å². The maximum atomic E-state index is 5.70. The maximum absolute atomic E-state index is 5.70. The zero-order chi connectivity index (χ0) is 12.1. The minimum atomic E-state index is 0.367. The van der Waals surface area contributed by atoms with E-state index in [1.54, 1.807) is 13.2 Å². The first-order chi connectivity index (χ1) is 8.28. The SMILES string of the molecule is COCc1nc(N)cc(NCC2CCOC2)n1. The van der Waals surface area contributed by atoms with E-state index in [0.717, 1.165) is 32.0 Å². The summed E-state index contributed by atoms with van der Waals surface area (Å²) in [5.41, 5.74) is 5.70. The number of rotatable bonds is 5. The smallest absolute Gasteiger partial charge is 0.158 e. The Morgan fingerprint density at radius 2 is 2.47 bits per heavy atom. The van der Waals surface area contributed by atoms with E-state index in [0.29, 0.717) is 24.2 Å². The highest BCUT2D eigenvalue weighted by molar-refractivity contribution is 5.44. The molecule has 0 spiro atoms. The van der Waals surface area contributed by atoms with E-state index >= 15 is 0 Å². The Morgan fingerprint density at radius 3 is 3.18 bits per heavy atom. The zero-order valence-corrected chi connectivity index (χ0v) is 9.98. The Bertz CT molecular complexity index is 366. The third-order valence-corrected chi connectivity index (χ3v) is 2.66. The fourth-order valence-corrected chi connectivity index (χ4v) is 1.80. The van der Waals surface area contributed by atoms with Gasteiger partial charge in [0.1, 0.15) is 18.2 Å². The van der Waals surface area contributed by atoms with Crippen LogP contribution in [0.25, 0.3) is 0 Å². The number of nitrogens with two attached hydrogens (primary N) is 1. The van der Waals surface area contributed by atoms with Crippen molar-refractivity contribution in [3.05, 3.63) is 11.9 Å². The third kappa shape index (κ3) is 3.54. The summed E-state index contributed by atoms with van der Waals surface area (Å²) in [5.74, 6) is 2.35. The van der Waals surface area contributed by atoms with Gasteiger partial charge in [-0.3, -0.25) is 0 Å². The summed E-state index contributed by atoms with van der Waals surface area (Å²) in [6.07, 6.45) is 1.10. The molecular formula is C11H18N4O2. The van der Waals surface area contributed by atoms with Crippen molar-refractivity contribution in [2.45, 2.75) is 13.0 Å². The molecule has 6 nitrogen and oxygen atoms in total. The number of hydrogen-bond acceptors (Lipinski definition) is 6. The van der Waals surface area contributed by atoms with Crippen LogP contribution >= 0.6 is 0 Å². The molecule has 2 rings (SSSR count). The molecule has 0 radical (unpaired) electrons. The lowest BCUT2D eigenvalue weighted by Gasteiger charge is -2.11. The normalized spacial score (nSPS) is 19.5. The molecule has 1 saturated heterocycles. The highest BCUT2D eigenvalue weighted by Crippen LogP contribution is 2.14. The minimum Gasteiger partial charge on any atom is -0.384 e. The van der Waals surface area contributed by atoms with Crippen molar-refractivity contribution >= 4 is 11.6 Å². The fourth-order valence-electron chi connectivity index (χ4n) is 1.80. The highest BCUT2D eigenvalue weighted by atomic mass is 16.5. The quantitative estimate of drug-likeness (QED) is 0.784. The van der Waals surface area contributed by atoms with E-state index in [1.807, 2.05) is 0 Å². The van der Waals surface area contributed by atoms with Gasteiger partial charge in [0.2, 0.25) is 0 Å². The first kappa shape index (κ1) is 12.1. The second-order valence-corrected chi connectivity index (χ2v) is 4.14. The summed E-state index contributed by atoms with van der Waals surface area (Å²) >= 11 is 0. The lowest BCUT2D eigenvalue weighted by Crippen LogP contribution is -2.16. The van der Waals surface area contributed by atoms with Crippen LogP contribution in [0.1, 0.15) is 12.2 Å². The number of nitrogens with zero attached hydrogens (tertiary/aromatic N) is 2. The molecule has 0 aromatic carbocycles. The zero-order valence-electron chi connectivity index (χ0n) is 9.98. The molecular weight excluding hydrogens is 220 g/mol. The second-order valence-electron chi connectivity index (χ2n) is 4.14. The van der Waals surface area contributed by atoms with Gasteiger partial charge in [-0.05, 0) is 6.42 Å². The van der Waals surface area contributed by atoms with Crippen LogP contribution in [-0.2, 0) is 16.1 Å². The van der Waals surface area contributed by atoms with Crippen molar-refractivity contribution in [2.24, 2.45) is 5.92 Å². The average molecular weight is 238 g/mol. The summed E-state index contributed by atoms with van der Waals surface area (Å²) < 4.78 is 10.3. The number of ether oxygens (including phenoxy) is 2. The molecule has 1 aromatic heterocycles. The second kappa shape index (κ2) is 5.79. The Morgan fingerprint density at radius 1 is 1.59 bits per heavy atom. The minimum absolute atomic E-state index is 0.367. The van der Waals surface area contributed by atoms with Crippen LogP contribution in [-0.4, -0.2) is 36.8 Å². The Balaban J connectivity index is 1.94. The van der Waals surface area contributed by atoms with Crippen LogP contribution in [0.2, 0.25) is 0 Å². The Labute approximate surface area is 101 Å². The molecule has 1 aromatic rings. The van der Waals surface area contributed by atoms with Gasteiger partial charge in [-0.15, -0.1) is 0 Å². The van der Waals surface area contributed by atoms with E-state index in [4.69, 9.17) is 15.2 Å². The molecule has 1 aliphatic rings. The molecule has 1 aliphatic heterocycles. The number of hydrogen-bond donors (Lipinski definition) is 2. The first-order valence-corrected chi connectivity index (χ1v) is 5.72. The molecule has 17 heavy (non-hydrogen) atoms. The van der Waals surface area contributed by atoms with Gasteiger partial charge in [-0.25, -0.2) is 9.97 Å². The lowest BCUT2D eigenvalue weighted by atomic mass is 10.1. The van der Waals surface area contributed by atoms with Gasteiger partial charge >= 0.3 is 0 Å². The Hall–Kier alpha value is -1.40. The van der Waals surface area contributed by atoms with Crippen molar-refractivity contribution in [3.63, 3.8) is 0 Å². The van der Waals surface area contributed by atoms with Gasteiger partial charge in [-0.2, -0.15) is 0 Å². The van der Waals surface area contributed by atoms with Crippen molar-refractivity contribution < 1.29 is 9.47 Å². The van der Waals surface area contributed by atoms with Crippen LogP contribution in [0.3, 0.4) is 0 Å². The number of methoxy groups -OCH3 is 1. The molecule has 1 fully saturated rings. The van der Waals surface area contributed by atoms with E-state index in [-0.39, 0.29) is 0 Å². The van der Waals surface area contributed by atoms with Crippen LogP contribution in [0.5, 0.6) is 0 Å². The fraction of sp³-hybridized carbons (Fsp3) is 0.636. The molecule has 0 amide bonds. The summed E-state index contributed by atoms with van der Waals surface area (Å²) in [6, 6.07) is 1.73. The summed E-state index contributed by atoms with van der Waals surface area (Å²) in [6.45, 7) is 2.89. The number of aromatic nitrogens is 2. The molecule has 3 N–H and O–H groups in total. The summed E-state index contributed by atoms with van der Waals surface area (Å²) in [4.78, 5) is 8.40. The van der Waals surface area contributed by atoms with Gasteiger partial charge < -0.3 is 20.5 Å². The highest BCUT2D eigenvalue weighted by Gasteiger charge is 2.15. The molecule has 0 bridgehead atoms. The lowest BCUT2D eigenvalue weighted by molar-refractivity contribution is 0.178. The van der Waals surface area contributed by atoms with Gasteiger partial charge in [0.15, 0.2) is 5.82 Å². The van der Waals surface area contributed by atoms with Crippen molar-refractivity contribution in [2.75, 3.05) is 37.9 Å². The van der Waals surface area contributed by atoms with E-state index < -0.39 is 0 Å². The molecule has 0 saturated carbocycles. The first-order valence-electron chi connectivity index (χ1n) is 5.72. The van der Waals surface area contributed by atoms with Crippen LogP contribution in [0.4, 0.5) is 11.6 Å². The maximum Gasteiger partial charge on any atom is 0.158 e. The molecule has 1 unspecified atom stereocenters. The molecule has 94 valence electrons. The molecule has 2 heterocycles. The topological polar surface area (TPSA) is 82.3 Å². The molecule has 1 atom stereocenters. The Kier molecular flexibility index (Phi) is 4.11. The predicted molar refractivity (Wildman–Crippen MR) is 64.6 cm³/mol. The summed E-state index contributed by atoms with van der Waals surface area (Å²) in [7, 11) is 1.61. The average Bonchev–Trinajstić information content (AvgIpc) is 2.79. The summed E-state index contributed by atoms with van der Waals surface area (Å²) in [5, 5.41) is 3.26.